The van der Waals surface area contributed by atoms with Crippen LogP contribution in [0.25, 0.3) is 21.5 Å². The molecule has 36 nitrogen and oxygen atoms in total. The Morgan fingerprint density at radius 3 is 1.89 bits per heavy atom. The van der Waals surface area contributed by atoms with Crippen LogP contribution in [0.3, 0.4) is 0 Å². The highest BCUT2D eigenvalue weighted by Crippen LogP contribution is 2.52. The maximum Gasteiger partial charge on any atom is 0.425 e. The number of anilines is 2. The molecule has 4 amide bonds. The van der Waals surface area contributed by atoms with E-state index in [9.17, 15) is 68.0 Å². The minimum Gasteiger partial charge on any atom is -0.748 e. The second kappa shape index (κ2) is 52.6. The van der Waals surface area contributed by atoms with Crippen molar-refractivity contribution in [3.63, 3.8) is 0 Å². The van der Waals surface area contributed by atoms with Gasteiger partial charge in [0.2, 0.25) is 39.3 Å². The van der Waals surface area contributed by atoms with Crippen molar-refractivity contribution in [3.05, 3.63) is 171 Å². The number of rotatable bonds is 53. The zero-order chi connectivity index (χ0) is 103. The number of sulfonamides is 1. The number of aromatic nitrogens is 6. The zero-order valence-electron chi connectivity index (χ0n) is 82.4. The fraction of sp³-hybridized carbons (Fsp3) is 0.554. The van der Waals surface area contributed by atoms with Crippen LogP contribution in [0.4, 0.5) is 17.2 Å². The first-order valence-electron chi connectivity index (χ1n) is 49.2. The molecule has 8 N–H and O–H groups in total. The summed E-state index contributed by atoms with van der Waals surface area (Å²) in [5, 5.41) is 27.7. The third kappa shape index (κ3) is 32.6. The van der Waals surface area contributed by atoms with E-state index in [1.54, 1.807) is 43.6 Å². The van der Waals surface area contributed by atoms with E-state index in [0.29, 0.717) is 85.7 Å². The molecular weight excluding hydrogens is 1920 g/mol. The third-order valence-electron chi connectivity index (χ3n) is 27.6. The van der Waals surface area contributed by atoms with Crippen molar-refractivity contribution in [1.29, 1.82) is 0 Å². The number of carbonyl (C=O) groups excluding carboxylic acids is 6. The lowest BCUT2D eigenvalue weighted by molar-refractivity contribution is -0.439. The normalized spacial score (nSPS) is 15.4. The number of nitrogens with one attached hydrogen (secondary N) is 5. The first-order chi connectivity index (χ1) is 67.4. The fourth-order valence-electron chi connectivity index (χ4n) is 20.3. The average Bonchev–Trinajstić information content (AvgIpc) is 1.55. The molecule has 3 aliphatic heterocycles. The highest BCUT2D eigenvalue weighted by atomic mass is 32.2. The van der Waals surface area contributed by atoms with E-state index in [0.717, 1.165) is 199 Å². The molecule has 4 atom stereocenters. The van der Waals surface area contributed by atoms with E-state index >= 15 is 8.42 Å². The molecule has 4 aliphatic rings. The standard InChI is InChI=1S/C100H136N14O17S4.CO2.O3S/c1-67(76-63-103-68(2)104-64-76)29-14-9-11-17-35-84-75(58-73-32-25-51-102-97(73)111-84)62-108-98(120)85(37-22-23-50-101-91(115)48-49-92(116)107-61-74-57-72-31-20-21-36-82(72)109-83(74)34-16-12-10-15-30-71(59-94(118)119)77-65-105-69(3)106-66-77)110-93(117)41-26-52-112(8)134(127,128)88-38-24-33-80-79(88)45-47-87-95(80)99(4,5)89(114(87)54-28-56-133(124,125)126)39-18-13-19-40-90-100(6,7)96-81-60-78(135(129,130)131)44-42-70(81)43-46-86(96)113(90)53-27-55-132(121,122)123;2-1-3;1-4(2)3/h24,33,38,42-47,57-58,60,63-67,71,85,89H,9-23,25-32,34-37,39-41,48-56,59,61-62H2,1-8H3,(H8-,101,102,107,108,110,111,115,116,117,118,119,120,121,122,123,124,125,126,129,130,131);;/t67-,71+,85+,89?;;/m1../s1. The number of fused-ring (bicyclic) bond motifs is 8. The fourth-order valence-corrected chi connectivity index (χ4v) is 23.1. The maximum atomic E-state index is 15.1. The van der Waals surface area contributed by atoms with Gasteiger partial charge in [-0.25, -0.2) is 46.1 Å². The number of aryl methyl sites for hydroxylation is 7. The molecule has 0 radical (unpaired) electrons. The van der Waals surface area contributed by atoms with Crippen molar-refractivity contribution in [1.82, 2.24) is 55.5 Å². The minimum atomic E-state index is -4.57. The lowest BCUT2D eigenvalue weighted by atomic mass is 9.76. The molecule has 8 aromatic rings. The second-order valence-electron chi connectivity index (χ2n) is 38.6. The number of nitrogens with zero attached hydrogens (tertiary/aromatic N) is 9. The minimum absolute atomic E-state index is 0.0156. The van der Waals surface area contributed by atoms with Gasteiger partial charge in [0.1, 0.15) is 30.1 Å². The van der Waals surface area contributed by atoms with E-state index in [1.807, 2.05) is 62.0 Å². The lowest BCUT2D eigenvalue weighted by Gasteiger charge is -2.35. The number of carboxylic acid groups (broad SMARTS) is 1. The summed E-state index contributed by atoms with van der Waals surface area (Å²) in [5.74, 6) is -0.993. The molecule has 41 heteroatoms. The van der Waals surface area contributed by atoms with Crippen LogP contribution in [-0.2, 0) is 141 Å². The molecular formula is C101H136N14O22S5. The second-order valence-corrected chi connectivity index (χ2v) is 45.5. The zero-order valence-corrected chi connectivity index (χ0v) is 86.5. The van der Waals surface area contributed by atoms with Gasteiger partial charge in [0.25, 0.3) is 20.2 Å². The Morgan fingerprint density at radius 1 is 0.627 bits per heavy atom. The molecule has 12 rings (SSSR count). The SMILES string of the molecule is Cc1ncc([C@@H](CCCCCCc2nc3c(cc2CNC(=O)CCC(=O)NCCCC[C@H](NC(=O)CCCN(C)S(=O)(=O)c2cccc4c5c(ccc24)N(CCCS(=O)(=O)O)C(CCCCCC2=[N+](CCCS(=O)(=O)[O-])c4ccc6ccc(S(=O)(=O)O)cc6c4C2(C)C)C5(C)C)C(=O)NCc2cc4c(nc2CCCCCC[C@@H](C)c2cnc(C)nc2)NCCC4)CCCC3)CC(=O)O)cn1.O=C=O.O=S(=O)=O. The first kappa shape index (κ1) is 113. The van der Waals surface area contributed by atoms with Crippen molar-refractivity contribution in [2.45, 2.75) is 318 Å². The molecule has 4 aromatic heterocycles. The largest absolute Gasteiger partial charge is 0.748 e. The van der Waals surface area contributed by atoms with Crippen LogP contribution in [-0.4, -0.2) is 209 Å². The van der Waals surface area contributed by atoms with Crippen molar-refractivity contribution in [2.75, 3.05) is 61.5 Å². The number of hydrogen-bond donors (Lipinski definition) is 8. The van der Waals surface area contributed by atoms with Gasteiger partial charge in [-0.05, 0) is 253 Å². The summed E-state index contributed by atoms with van der Waals surface area (Å²) in [6, 6.07) is 20.0. The Morgan fingerprint density at radius 2 is 1.23 bits per heavy atom. The number of aliphatic carboxylic acids is 1. The number of amides is 4. The molecule has 0 bridgehead atoms. The Kier molecular flexibility index (Phi) is 41.9. The summed E-state index contributed by atoms with van der Waals surface area (Å²) in [7, 11) is -19.4. The van der Waals surface area contributed by atoms with Crippen LogP contribution < -0.4 is 31.5 Å². The van der Waals surface area contributed by atoms with Crippen LogP contribution >= 0.6 is 0 Å². The summed E-state index contributed by atoms with van der Waals surface area (Å²) in [5.41, 5.74) is 11.8. The smallest absolute Gasteiger partial charge is 0.425 e. The Labute approximate surface area is 834 Å². The number of carbonyl (C=O) groups is 5. The van der Waals surface area contributed by atoms with Gasteiger partial charge in [0.05, 0.1) is 37.5 Å². The van der Waals surface area contributed by atoms with Crippen LogP contribution in [0.15, 0.2) is 107 Å². The van der Waals surface area contributed by atoms with Gasteiger partial charge in [-0.2, -0.15) is 31.0 Å². The van der Waals surface area contributed by atoms with Crippen molar-refractivity contribution in [3.8, 4) is 0 Å². The number of hydrogen-bond acceptors (Lipinski definition) is 27. The third-order valence-corrected chi connectivity index (χ3v) is 31.9. The highest BCUT2D eigenvalue weighted by Gasteiger charge is 2.48. The van der Waals surface area contributed by atoms with Gasteiger partial charge >= 0.3 is 22.7 Å². The monoisotopic (exact) mass is 2060 g/mol. The average molecular weight is 2060 g/mol. The summed E-state index contributed by atoms with van der Waals surface area (Å²) in [6.45, 7) is 16.0. The topological polar surface area (TPSA) is 538 Å². The van der Waals surface area contributed by atoms with Gasteiger partial charge in [-0.1, -0.05) is 102 Å². The first-order valence-corrected chi connectivity index (χ1v) is 56.2. The van der Waals surface area contributed by atoms with Crippen LogP contribution in [0.1, 0.15) is 299 Å². The lowest BCUT2D eigenvalue weighted by Crippen LogP contribution is -2.46. The van der Waals surface area contributed by atoms with Gasteiger partial charge in [0, 0.05) is 160 Å². The predicted octanol–water partition coefficient (Wildman–Crippen LogP) is 13.2. The van der Waals surface area contributed by atoms with E-state index in [1.165, 1.54) is 29.0 Å². The van der Waals surface area contributed by atoms with Crippen molar-refractivity contribution >= 4 is 131 Å². The molecule has 772 valence electrons. The Hall–Kier alpha value is -10.9. The van der Waals surface area contributed by atoms with Crippen LogP contribution in [0.2, 0.25) is 0 Å². The van der Waals surface area contributed by atoms with Crippen molar-refractivity contribution in [2.24, 2.45) is 0 Å². The van der Waals surface area contributed by atoms with Crippen LogP contribution in [0, 0.1) is 13.8 Å². The summed E-state index contributed by atoms with van der Waals surface area (Å²) in [4.78, 5) is 113. The Bertz CT molecular complexity index is 6460. The molecule has 0 fully saturated rings. The summed E-state index contributed by atoms with van der Waals surface area (Å²) < 4.78 is 164. The number of pyridine rings is 2. The van der Waals surface area contributed by atoms with E-state index in [2.05, 4.69) is 84.3 Å². The molecule has 0 saturated heterocycles. The maximum absolute atomic E-state index is 15.1. The summed E-state index contributed by atoms with van der Waals surface area (Å²) >= 11 is 0. The van der Waals surface area contributed by atoms with E-state index in [4.69, 9.17) is 32.2 Å². The van der Waals surface area contributed by atoms with E-state index in [-0.39, 0.29) is 130 Å². The Balaban J connectivity index is 0.00000287. The number of carboxylic acids is 1. The van der Waals surface area contributed by atoms with Crippen LogP contribution in [0.5, 0.6) is 0 Å². The predicted molar refractivity (Wildman–Crippen MR) is 536 cm³/mol. The van der Waals surface area contributed by atoms with Crippen molar-refractivity contribution < 1.29 is 103 Å². The van der Waals surface area contributed by atoms with Gasteiger partial charge < -0.3 is 41.1 Å². The molecule has 142 heavy (non-hydrogen) atoms. The molecule has 1 aliphatic carbocycles. The van der Waals surface area contributed by atoms with Gasteiger partial charge in [0.15, 0.2) is 5.71 Å². The molecule has 0 saturated carbocycles. The highest BCUT2D eigenvalue weighted by molar-refractivity contribution is 7.89. The quantitative estimate of drug-likeness (QED) is 0.00997. The molecule has 7 heterocycles. The molecule has 1 unspecified atom stereocenters. The van der Waals surface area contributed by atoms with E-state index < -0.39 is 97.1 Å². The number of benzene rings is 4. The molecule has 0 spiro atoms. The van der Waals surface area contributed by atoms with Gasteiger partial charge in [-0.3, -0.25) is 38.1 Å². The number of unbranched alkanes of at least 4 members (excludes halogenated alkanes) is 9. The molecule has 4 aromatic carbocycles. The summed E-state index contributed by atoms with van der Waals surface area (Å²) in [6.07, 6.45) is 28.2. The van der Waals surface area contributed by atoms with Gasteiger partial charge in [-0.15, -0.1) is 12.6 Å².